The molecule has 2 N–H and O–H groups in total. The van der Waals surface area contributed by atoms with Gasteiger partial charge >= 0.3 is 0 Å². The van der Waals surface area contributed by atoms with E-state index in [1.54, 1.807) is 31.4 Å². The molecule has 2 aromatic carbocycles. The van der Waals surface area contributed by atoms with Gasteiger partial charge in [-0.15, -0.1) is 0 Å². The number of benzene rings is 2. The SMILES string of the molecule is COc1cccc(CNC(=O)CSc2nc(NC(=O)c3ccccc3)c3c(C)c(C)oc3n2)c1. The van der Waals surface area contributed by atoms with E-state index in [4.69, 9.17) is 9.15 Å². The lowest BCUT2D eigenvalue weighted by molar-refractivity contribution is -0.118. The number of hydrogen-bond acceptors (Lipinski definition) is 7. The summed E-state index contributed by atoms with van der Waals surface area (Å²) < 4.78 is 11.0. The molecule has 34 heavy (non-hydrogen) atoms. The van der Waals surface area contributed by atoms with Crippen molar-refractivity contribution in [1.82, 2.24) is 15.3 Å². The summed E-state index contributed by atoms with van der Waals surface area (Å²) in [6, 6.07) is 16.4. The van der Waals surface area contributed by atoms with Crippen LogP contribution in [0.2, 0.25) is 0 Å². The van der Waals surface area contributed by atoms with Crippen molar-refractivity contribution in [3.8, 4) is 5.75 Å². The fraction of sp³-hybridized carbons (Fsp3) is 0.200. The Morgan fingerprint density at radius 1 is 1.06 bits per heavy atom. The van der Waals surface area contributed by atoms with Gasteiger partial charge in [-0.3, -0.25) is 9.59 Å². The molecule has 8 nitrogen and oxygen atoms in total. The minimum absolute atomic E-state index is 0.111. The molecule has 0 aliphatic carbocycles. The molecule has 0 saturated carbocycles. The molecule has 4 aromatic rings. The van der Waals surface area contributed by atoms with E-state index in [2.05, 4.69) is 20.6 Å². The zero-order valence-electron chi connectivity index (χ0n) is 19.0. The van der Waals surface area contributed by atoms with Crippen LogP contribution in [0, 0.1) is 13.8 Å². The number of rotatable bonds is 8. The highest BCUT2D eigenvalue weighted by Crippen LogP contribution is 2.31. The second-order valence-corrected chi connectivity index (χ2v) is 8.50. The lowest BCUT2D eigenvalue weighted by Gasteiger charge is -2.09. The summed E-state index contributed by atoms with van der Waals surface area (Å²) in [5.74, 6) is 1.44. The fourth-order valence-electron chi connectivity index (χ4n) is 3.32. The molecule has 2 heterocycles. The number of nitrogens with zero attached hydrogens (tertiary/aromatic N) is 2. The van der Waals surface area contributed by atoms with Crippen molar-refractivity contribution in [3.05, 3.63) is 77.0 Å². The number of amides is 2. The molecule has 0 unspecified atom stereocenters. The van der Waals surface area contributed by atoms with Crippen molar-refractivity contribution in [1.29, 1.82) is 0 Å². The number of aromatic nitrogens is 2. The Morgan fingerprint density at radius 3 is 2.62 bits per heavy atom. The smallest absolute Gasteiger partial charge is 0.256 e. The van der Waals surface area contributed by atoms with Crippen molar-refractivity contribution in [2.45, 2.75) is 25.5 Å². The molecule has 0 atom stereocenters. The first kappa shape index (κ1) is 23.3. The summed E-state index contributed by atoms with van der Waals surface area (Å²) in [4.78, 5) is 34.1. The van der Waals surface area contributed by atoms with Gasteiger partial charge in [0.1, 0.15) is 17.3 Å². The van der Waals surface area contributed by atoms with Gasteiger partial charge in [0.2, 0.25) is 11.6 Å². The molecular formula is C25H24N4O4S. The standard InChI is InChI=1S/C25H24N4O4S/c1-15-16(2)33-24-21(15)22(27-23(31)18-9-5-4-6-10-18)28-25(29-24)34-14-20(30)26-13-17-8-7-11-19(12-17)32-3/h4-12H,13-14H2,1-3H3,(H,26,30)(H,27,28,29,31). The third kappa shape index (κ3) is 5.37. The number of fused-ring (bicyclic) bond motifs is 1. The second-order valence-electron chi connectivity index (χ2n) is 7.56. The Bertz CT molecular complexity index is 1340. The van der Waals surface area contributed by atoms with Gasteiger partial charge in [0, 0.05) is 17.7 Å². The van der Waals surface area contributed by atoms with Gasteiger partial charge in [-0.1, -0.05) is 42.1 Å². The number of nitrogens with one attached hydrogen (secondary N) is 2. The molecule has 0 spiro atoms. The molecule has 0 fully saturated rings. The van der Waals surface area contributed by atoms with Crippen LogP contribution in [0.3, 0.4) is 0 Å². The summed E-state index contributed by atoms with van der Waals surface area (Å²) in [7, 11) is 1.60. The lowest BCUT2D eigenvalue weighted by atomic mass is 10.2. The largest absolute Gasteiger partial charge is 0.497 e. The minimum atomic E-state index is -0.286. The monoisotopic (exact) mass is 476 g/mol. The molecule has 9 heteroatoms. The summed E-state index contributed by atoms with van der Waals surface area (Å²) >= 11 is 1.17. The maximum atomic E-state index is 12.7. The Balaban J connectivity index is 1.48. The number of aryl methyl sites for hydroxylation is 2. The second kappa shape index (κ2) is 10.4. The summed E-state index contributed by atoms with van der Waals surface area (Å²) in [5.41, 5.74) is 2.67. The minimum Gasteiger partial charge on any atom is -0.497 e. The zero-order chi connectivity index (χ0) is 24.1. The van der Waals surface area contributed by atoms with E-state index >= 15 is 0 Å². The third-order valence-corrected chi connectivity index (χ3v) is 6.08. The Morgan fingerprint density at radius 2 is 1.85 bits per heavy atom. The topological polar surface area (TPSA) is 106 Å². The highest BCUT2D eigenvalue weighted by atomic mass is 32.2. The fourth-order valence-corrected chi connectivity index (χ4v) is 3.98. The Hall–Kier alpha value is -3.85. The van der Waals surface area contributed by atoms with E-state index in [9.17, 15) is 9.59 Å². The van der Waals surface area contributed by atoms with E-state index in [0.717, 1.165) is 16.9 Å². The summed E-state index contributed by atoms with van der Waals surface area (Å²) in [6.07, 6.45) is 0. The van der Waals surface area contributed by atoms with E-state index in [0.29, 0.717) is 39.9 Å². The van der Waals surface area contributed by atoms with Crippen LogP contribution in [-0.2, 0) is 11.3 Å². The predicted octanol–water partition coefficient (Wildman–Crippen LogP) is 4.51. The van der Waals surface area contributed by atoms with Crippen LogP contribution in [-0.4, -0.2) is 34.6 Å². The van der Waals surface area contributed by atoms with Crippen LogP contribution in [0.25, 0.3) is 11.1 Å². The van der Waals surface area contributed by atoms with Crippen molar-refractivity contribution in [2.24, 2.45) is 0 Å². The number of hydrogen-bond donors (Lipinski definition) is 2. The summed E-state index contributed by atoms with van der Waals surface area (Å²) in [5, 5.41) is 6.72. The first-order valence-corrected chi connectivity index (χ1v) is 11.6. The molecule has 2 amide bonds. The van der Waals surface area contributed by atoms with Gasteiger partial charge in [-0.2, -0.15) is 4.98 Å². The Kier molecular flexibility index (Phi) is 7.12. The molecule has 2 aromatic heterocycles. The molecule has 4 rings (SSSR count). The van der Waals surface area contributed by atoms with Gasteiger partial charge in [0.25, 0.3) is 5.91 Å². The van der Waals surface area contributed by atoms with Crippen LogP contribution < -0.4 is 15.4 Å². The van der Waals surface area contributed by atoms with Crippen LogP contribution in [0.5, 0.6) is 5.75 Å². The average molecular weight is 477 g/mol. The molecule has 0 radical (unpaired) electrons. The number of thioether (sulfide) groups is 1. The van der Waals surface area contributed by atoms with Crippen molar-refractivity contribution in [3.63, 3.8) is 0 Å². The molecule has 0 saturated heterocycles. The highest BCUT2D eigenvalue weighted by Gasteiger charge is 2.19. The Labute approximate surface area is 201 Å². The number of anilines is 1. The van der Waals surface area contributed by atoms with Gasteiger partial charge < -0.3 is 19.8 Å². The number of carbonyl (C=O) groups is 2. The lowest BCUT2D eigenvalue weighted by Crippen LogP contribution is -2.24. The number of ether oxygens (including phenoxy) is 1. The first-order valence-electron chi connectivity index (χ1n) is 10.6. The third-order valence-electron chi connectivity index (χ3n) is 5.23. The van der Waals surface area contributed by atoms with Gasteiger partial charge in [-0.25, -0.2) is 4.98 Å². The van der Waals surface area contributed by atoms with Crippen LogP contribution in [0.15, 0.2) is 64.2 Å². The van der Waals surface area contributed by atoms with Gasteiger partial charge in [-0.05, 0) is 43.7 Å². The normalized spacial score (nSPS) is 10.8. The predicted molar refractivity (Wildman–Crippen MR) is 131 cm³/mol. The van der Waals surface area contributed by atoms with Crippen LogP contribution in [0.1, 0.15) is 27.2 Å². The zero-order valence-corrected chi connectivity index (χ0v) is 19.9. The van der Waals surface area contributed by atoms with E-state index in [1.165, 1.54) is 11.8 Å². The number of furan rings is 1. The van der Waals surface area contributed by atoms with E-state index in [1.807, 2.05) is 44.2 Å². The molecular weight excluding hydrogens is 452 g/mol. The van der Waals surface area contributed by atoms with E-state index < -0.39 is 0 Å². The average Bonchev–Trinajstić information content (AvgIpc) is 3.15. The molecule has 0 bridgehead atoms. The summed E-state index contributed by atoms with van der Waals surface area (Å²) in [6.45, 7) is 4.10. The quantitative estimate of drug-likeness (QED) is 0.285. The highest BCUT2D eigenvalue weighted by molar-refractivity contribution is 7.99. The van der Waals surface area contributed by atoms with Crippen molar-refractivity contribution in [2.75, 3.05) is 18.2 Å². The van der Waals surface area contributed by atoms with E-state index in [-0.39, 0.29) is 17.6 Å². The molecule has 0 aliphatic rings. The van der Waals surface area contributed by atoms with Crippen molar-refractivity contribution < 1.29 is 18.7 Å². The van der Waals surface area contributed by atoms with Gasteiger partial charge in [0.05, 0.1) is 18.2 Å². The molecule has 174 valence electrons. The maximum Gasteiger partial charge on any atom is 0.256 e. The van der Waals surface area contributed by atoms with Crippen LogP contribution in [0.4, 0.5) is 5.82 Å². The van der Waals surface area contributed by atoms with Gasteiger partial charge in [0.15, 0.2) is 5.16 Å². The number of methoxy groups -OCH3 is 1. The number of carbonyl (C=O) groups excluding carboxylic acids is 2. The van der Waals surface area contributed by atoms with Crippen molar-refractivity contribution >= 4 is 40.5 Å². The maximum absolute atomic E-state index is 12.7. The first-order chi connectivity index (χ1) is 16.4. The molecule has 0 aliphatic heterocycles. The van der Waals surface area contributed by atoms with Crippen LogP contribution >= 0.6 is 11.8 Å².